The summed E-state index contributed by atoms with van der Waals surface area (Å²) in [4.78, 5) is 2.34. The number of benzene rings is 1. The number of nitrogens with zero attached hydrogens (tertiary/aromatic N) is 1. The number of phenolic OH excluding ortho intramolecular Hbond substituents is 1. The van der Waals surface area contributed by atoms with Gasteiger partial charge in [0.25, 0.3) is 0 Å². The summed E-state index contributed by atoms with van der Waals surface area (Å²) in [6, 6.07) is 4.61. The molecule has 0 spiro atoms. The number of aromatic hydroxyl groups is 1. The van der Waals surface area contributed by atoms with Gasteiger partial charge in [0.2, 0.25) is 0 Å². The molecule has 1 saturated heterocycles. The fourth-order valence-corrected chi connectivity index (χ4v) is 2.70. The molecule has 1 heterocycles. The van der Waals surface area contributed by atoms with E-state index in [2.05, 4.69) is 24.1 Å². The van der Waals surface area contributed by atoms with Crippen molar-refractivity contribution in [3.63, 3.8) is 0 Å². The molecule has 1 aromatic carbocycles. The summed E-state index contributed by atoms with van der Waals surface area (Å²) < 4.78 is 14.1. The first-order valence-corrected chi connectivity index (χ1v) is 7.01. The normalized spacial score (nSPS) is 18.7. The van der Waals surface area contributed by atoms with Crippen molar-refractivity contribution in [1.82, 2.24) is 10.2 Å². The van der Waals surface area contributed by atoms with Gasteiger partial charge in [-0.05, 0) is 18.4 Å². The minimum Gasteiger partial charge on any atom is -0.508 e. The largest absolute Gasteiger partial charge is 0.508 e. The van der Waals surface area contributed by atoms with Crippen LogP contribution < -0.4 is 5.32 Å². The molecule has 1 atom stereocenters. The van der Waals surface area contributed by atoms with E-state index in [4.69, 9.17) is 0 Å². The molecule has 1 aliphatic rings. The number of halogens is 1. The fraction of sp³-hybridized carbons (Fsp3) is 0.600. The SMILES string of the molecule is CC(C)C[C@@H](c1ccc(O)cc1F)N1CCNCC1. The molecule has 0 aliphatic carbocycles. The van der Waals surface area contributed by atoms with Crippen molar-refractivity contribution in [2.75, 3.05) is 26.2 Å². The monoisotopic (exact) mass is 266 g/mol. The summed E-state index contributed by atoms with van der Waals surface area (Å²) in [5, 5.41) is 12.7. The maximum atomic E-state index is 14.1. The molecule has 0 saturated carbocycles. The van der Waals surface area contributed by atoms with E-state index >= 15 is 0 Å². The lowest BCUT2D eigenvalue weighted by Gasteiger charge is -2.36. The Morgan fingerprint density at radius 1 is 1.32 bits per heavy atom. The lowest BCUT2D eigenvalue weighted by Crippen LogP contribution is -2.45. The zero-order valence-electron chi connectivity index (χ0n) is 11.7. The van der Waals surface area contributed by atoms with E-state index < -0.39 is 0 Å². The Balaban J connectivity index is 2.25. The third-order valence-corrected chi connectivity index (χ3v) is 3.63. The van der Waals surface area contributed by atoms with Crippen molar-refractivity contribution in [2.24, 2.45) is 5.92 Å². The van der Waals surface area contributed by atoms with Crippen LogP contribution in [-0.4, -0.2) is 36.2 Å². The lowest BCUT2D eigenvalue weighted by molar-refractivity contribution is 0.151. The van der Waals surface area contributed by atoms with Gasteiger partial charge in [-0.25, -0.2) is 4.39 Å². The summed E-state index contributed by atoms with van der Waals surface area (Å²) in [6.07, 6.45) is 0.932. The molecule has 1 aromatic rings. The van der Waals surface area contributed by atoms with E-state index in [1.165, 1.54) is 6.07 Å². The van der Waals surface area contributed by atoms with E-state index in [1.54, 1.807) is 12.1 Å². The Bertz CT molecular complexity index is 417. The predicted molar refractivity (Wildman–Crippen MR) is 74.7 cm³/mol. The van der Waals surface area contributed by atoms with Gasteiger partial charge in [0.1, 0.15) is 11.6 Å². The first-order chi connectivity index (χ1) is 9.08. The number of piperazine rings is 1. The highest BCUT2D eigenvalue weighted by Gasteiger charge is 2.25. The van der Waals surface area contributed by atoms with Crippen LogP contribution >= 0.6 is 0 Å². The van der Waals surface area contributed by atoms with Gasteiger partial charge in [0.05, 0.1) is 0 Å². The molecule has 19 heavy (non-hydrogen) atoms. The second kappa shape index (κ2) is 6.35. The van der Waals surface area contributed by atoms with Gasteiger partial charge in [0, 0.05) is 43.9 Å². The summed E-state index contributed by atoms with van der Waals surface area (Å²) in [5.41, 5.74) is 0.702. The number of rotatable bonds is 4. The Morgan fingerprint density at radius 2 is 2.00 bits per heavy atom. The van der Waals surface area contributed by atoms with Crippen molar-refractivity contribution in [1.29, 1.82) is 0 Å². The van der Waals surface area contributed by atoms with Crippen LogP contribution in [-0.2, 0) is 0 Å². The maximum absolute atomic E-state index is 14.1. The van der Waals surface area contributed by atoms with Crippen LogP contribution in [0.3, 0.4) is 0 Å². The summed E-state index contributed by atoms with van der Waals surface area (Å²) in [7, 11) is 0. The standard InChI is InChI=1S/C15H23FN2O/c1-11(2)9-15(18-7-5-17-6-8-18)13-4-3-12(19)10-14(13)16/h3-4,10-11,15,17,19H,5-9H2,1-2H3/t15-/m0/s1. The maximum Gasteiger partial charge on any atom is 0.131 e. The first kappa shape index (κ1) is 14.3. The van der Waals surface area contributed by atoms with Gasteiger partial charge >= 0.3 is 0 Å². The average Bonchev–Trinajstić information content (AvgIpc) is 2.37. The number of hydrogen-bond acceptors (Lipinski definition) is 3. The van der Waals surface area contributed by atoms with Crippen molar-refractivity contribution in [3.05, 3.63) is 29.6 Å². The Morgan fingerprint density at radius 3 is 2.58 bits per heavy atom. The van der Waals surface area contributed by atoms with Crippen LogP contribution in [0.1, 0.15) is 31.9 Å². The highest BCUT2D eigenvalue weighted by Crippen LogP contribution is 2.31. The zero-order chi connectivity index (χ0) is 13.8. The lowest BCUT2D eigenvalue weighted by atomic mass is 9.94. The van der Waals surface area contributed by atoms with Crippen LogP contribution in [0.5, 0.6) is 5.75 Å². The van der Waals surface area contributed by atoms with Gasteiger partial charge in [0.15, 0.2) is 0 Å². The van der Waals surface area contributed by atoms with E-state index in [1.807, 2.05) is 0 Å². The Kier molecular flexibility index (Phi) is 4.77. The van der Waals surface area contributed by atoms with Crippen molar-refractivity contribution < 1.29 is 9.50 Å². The van der Waals surface area contributed by atoms with Crippen LogP contribution in [0.15, 0.2) is 18.2 Å². The second-order valence-electron chi connectivity index (χ2n) is 5.64. The van der Waals surface area contributed by atoms with Crippen molar-refractivity contribution >= 4 is 0 Å². The summed E-state index contributed by atoms with van der Waals surface area (Å²) >= 11 is 0. The summed E-state index contributed by atoms with van der Waals surface area (Å²) in [5.74, 6) is 0.196. The van der Waals surface area contributed by atoms with Crippen LogP contribution in [0.25, 0.3) is 0 Å². The number of nitrogens with one attached hydrogen (secondary N) is 1. The molecule has 0 radical (unpaired) electrons. The van der Waals surface area contributed by atoms with Gasteiger partial charge in [-0.15, -0.1) is 0 Å². The predicted octanol–water partition coefficient (Wildman–Crippen LogP) is 2.52. The fourth-order valence-electron chi connectivity index (χ4n) is 2.70. The van der Waals surface area contributed by atoms with Gasteiger partial charge < -0.3 is 10.4 Å². The molecule has 1 fully saturated rings. The van der Waals surface area contributed by atoms with E-state index in [9.17, 15) is 9.50 Å². The third-order valence-electron chi connectivity index (χ3n) is 3.63. The highest BCUT2D eigenvalue weighted by molar-refractivity contribution is 5.30. The van der Waals surface area contributed by atoms with Crippen LogP contribution in [0.4, 0.5) is 4.39 Å². The molecule has 106 valence electrons. The molecule has 3 nitrogen and oxygen atoms in total. The molecule has 0 aromatic heterocycles. The van der Waals surface area contributed by atoms with Gasteiger partial charge in [-0.3, -0.25) is 4.90 Å². The minimum absolute atomic E-state index is 0.00939. The Hall–Kier alpha value is -1.13. The molecule has 2 rings (SSSR count). The van der Waals surface area contributed by atoms with Gasteiger partial charge in [-0.2, -0.15) is 0 Å². The molecule has 0 unspecified atom stereocenters. The molecule has 1 aliphatic heterocycles. The quantitative estimate of drug-likeness (QED) is 0.879. The van der Waals surface area contributed by atoms with E-state index in [0.717, 1.165) is 32.6 Å². The van der Waals surface area contributed by atoms with Crippen LogP contribution in [0, 0.1) is 11.7 Å². The molecular weight excluding hydrogens is 243 g/mol. The van der Waals surface area contributed by atoms with E-state index in [-0.39, 0.29) is 17.6 Å². The smallest absolute Gasteiger partial charge is 0.131 e. The molecule has 0 amide bonds. The van der Waals surface area contributed by atoms with Crippen molar-refractivity contribution in [3.8, 4) is 5.75 Å². The molecule has 2 N–H and O–H groups in total. The van der Waals surface area contributed by atoms with Crippen molar-refractivity contribution in [2.45, 2.75) is 26.3 Å². The third kappa shape index (κ3) is 3.67. The Labute approximate surface area is 114 Å². The molecular formula is C15H23FN2O. The van der Waals surface area contributed by atoms with Gasteiger partial charge in [-0.1, -0.05) is 19.9 Å². The first-order valence-electron chi connectivity index (χ1n) is 7.01. The second-order valence-corrected chi connectivity index (χ2v) is 5.64. The number of phenols is 1. The molecule has 4 heteroatoms. The highest BCUT2D eigenvalue weighted by atomic mass is 19.1. The summed E-state index contributed by atoms with van der Waals surface area (Å²) in [6.45, 7) is 8.11. The minimum atomic E-state index is -0.302. The molecule has 0 bridgehead atoms. The average molecular weight is 266 g/mol. The number of hydrogen-bond donors (Lipinski definition) is 2. The van der Waals surface area contributed by atoms with Crippen LogP contribution in [0.2, 0.25) is 0 Å². The topological polar surface area (TPSA) is 35.5 Å². The zero-order valence-corrected chi connectivity index (χ0v) is 11.7. The van der Waals surface area contributed by atoms with E-state index in [0.29, 0.717) is 11.5 Å².